The van der Waals surface area contributed by atoms with Crippen LogP contribution in [0.25, 0.3) is 0 Å². The number of piperazine rings is 1. The summed E-state index contributed by atoms with van der Waals surface area (Å²) >= 11 is 0. The van der Waals surface area contributed by atoms with Crippen molar-refractivity contribution in [2.24, 2.45) is 5.92 Å². The Morgan fingerprint density at radius 2 is 1.72 bits per heavy atom. The van der Waals surface area contributed by atoms with Gasteiger partial charge in [-0.1, -0.05) is 12.1 Å². The summed E-state index contributed by atoms with van der Waals surface area (Å²) in [6.07, 6.45) is 1.85. The molecule has 0 aliphatic carbocycles. The van der Waals surface area contributed by atoms with Crippen LogP contribution in [0.2, 0.25) is 0 Å². The molecule has 0 aromatic heterocycles. The lowest BCUT2D eigenvalue weighted by Crippen LogP contribution is -2.53. The van der Waals surface area contributed by atoms with E-state index >= 15 is 0 Å². The standard InChI is InChI=1S/C18H26N4O2.ClH/c1-14-3-2-4-16(13-14)20-18(24)22-11-9-21(10-12-22)17(23)15-5-7-19-8-6-15;/h2-4,13,15,19H,5-12H2,1H3,(H,20,24);1H. The Labute approximate surface area is 155 Å². The van der Waals surface area contributed by atoms with Gasteiger partial charge in [0.15, 0.2) is 0 Å². The molecule has 2 N–H and O–H groups in total. The predicted octanol–water partition coefficient (Wildman–Crippen LogP) is 2.09. The highest BCUT2D eigenvalue weighted by atomic mass is 35.5. The number of nitrogens with zero attached hydrogens (tertiary/aromatic N) is 2. The third-order valence-electron chi connectivity index (χ3n) is 4.84. The number of rotatable bonds is 2. The van der Waals surface area contributed by atoms with E-state index in [0.717, 1.165) is 37.2 Å². The number of halogens is 1. The van der Waals surface area contributed by atoms with E-state index in [1.54, 1.807) is 4.90 Å². The average molecular weight is 367 g/mol. The molecule has 2 aliphatic rings. The third kappa shape index (κ3) is 5.09. The van der Waals surface area contributed by atoms with Gasteiger partial charge in [-0.15, -0.1) is 12.4 Å². The number of urea groups is 1. The van der Waals surface area contributed by atoms with Crippen LogP contribution in [0.3, 0.4) is 0 Å². The van der Waals surface area contributed by atoms with Crippen molar-refractivity contribution < 1.29 is 9.59 Å². The van der Waals surface area contributed by atoms with Crippen LogP contribution in [0.5, 0.6) is 0 Å². The van der Waals surface area contributed by atoms with E-state index in [0.29, 0.717) is 26.2 Å². The largest absolute Gasteiger partial charge is 0.339 e. The summed E-state index contributed by atoms with van der Waals surface area (Å²) in [6.45, 7) is 6.29. The highest BCUT2D eigenvalue weighted by Gasteiger charge is 2.29. The van der Waals surface area contributed by atoms with Crippen LogP contribution in [0, 0.1) is 12.8 Å². The molecule has 3 rings (SSSR count). The maximum Gasteiger partial charge on any atom is 0.321 e. The number of aryl methyl sites for hydroxylation is 1. The molecule has 0 saturated carbocycles. The molecule has 1 aromatic rings. The predicted molar refractivity (Wildman–Crippen MR) is 101 cm³/mol. The molecule has 2 aliphatic heterocycles. The van der Waals surface area contributed by atoms with Gasteiger partial charge in [0.1, 0.15) is 0 Å². The summed E-state index contributed by atoms with van der Waals surface area (Å²) in [5, 5.41) is 6.22. The molecular formula is C18H27ClN4O2. The summed E-state index contributed by atoms with van der Waals surface area (Å²) < 4.78 is 0. The van der Waals surface area contributed by atoms with Gasteiger partial charge in [0.25, 0.3) is 0 Å². The molecule has 0 atom stereocenters. The first kappa shape index (κ1) is 19.5. The number of benzene rings is 1. The van der Waals surface area contributed by atoms with Crippen LogP contribution >= 0.6 is 12.4 Å². The zero-order valence-electron chi connectivity index (χ0n) is 14.7. The molecule has 2 fully saturated rings. The maximum absolute atomic E-state index is 12.5. The van der Waals surface area contributed by atoms with Crippen molar-refractivity contribution in [1.29, 1.82) is 0 Å². The second-order valence-corrected chi connectivity index (χ2v) is 6.64. The fourth-order valence-corrected chi connectivity index (χ4v) is 3.38. The van der Waals surface area contributed by atoms with Gasteiger partial charge in [0, 0.05) is 37.8 Å². The number of hydrogen-bond acceptors (Lipinski definition) is 3. The first-order valence-electron chi connectivity index (χ1n) is 8.75. The molecule has 0 spiro atoms. The average Bonchev–Trinajstić information content (AvgIpc) is 2.62. The minimum absolute atomic E-state index is 0. The van der Waals surface area contributed by atoms with E-state index in [4.69, 9.17) is 0 Å². The van der Waals surface area contributed by atoms with E-state index in [1.807, 2.05) is 36.1 Å². The highest BCUT2D eigenvalue weighted by Crippen LogP contribution is 2.17. The lowest BCUT2D eigenvalue weighted by atomic mass is 9.96. The van der Waals surface area contributed by atoms with E-state index in [-0.39, 0.29) is 30.3 Å². The molecular weight excluding hydrogens is 340 g/mol. The van der Waals surface area contributed by atoms with Crippen molar-refractivity contribution in [2.75, 3.05) is 44.6 Å². The molecule has 138 valence electrons. The molecule has 0 unspecified atom stereocenters. The Kier molecular flexibility index (Phi) is 7.08. The molecule has 0 bridgehead atoms. The molecule has 0 radical (unpaired) electrons. The van der Waals surface area contributed by atoms with Gasteiger partial charge in [-0.3, -0.25) is 4.79 Å². The van der Waals surface area contributed by atoms with Crippen LogP contribution in [-0.4, -0.2) is 61.0 Å². The number of carbonyl (C=O) groups excluding carboxylic acids is 2. The Morgan fingerprint density at radius 1 is 1.08 bits per heavy atom. The summed E-state index contributed by atoms with van der Waals surface area (Å²) in [6, 6.07) is 7.69. The Bertz CT molecular complexity index is 596. The van der Waals surface area contributed by atoms with Crippen LogP contribution in [0.15, 0.2) is 24.3 Å². The number of anilines is 1. The quantitative estimate of drug-likeness (QED) is 0.842. The molecule has 1 aromatic carbocycles. The normalized spacial score (nSPS) is 18.4. The first-order valence-corrected chi connectivity index (χ1v) is 8.75. The lowest BCUT2D eigenvalue weighted by molar-refractivity contribution is -0.137. The summed E-state index contributed by atoms with van der Waals surface area (Å²) in [4.78, 5) is 28.6. The number of amides is 3. The van der Waals surface area contributed by atoms with Gasteiger partial charge in [0.2, 0.25) is 5.91 Å². The maximum atomic E-state index is 12.5. The third-order valence-corrected chi connectivity index (χ3v) is 4.84. The molecule has 3 amide bonds. The molecule has 6 nitrogen and oxygen atoms in total. The molecule has 2 saturated heterocycles. The molecule has 25 heavy (non-hydrogen) atoms. The van der Waals surface area contributed by atoms with Crippen LogP contribution in [0.4, 0.5) is 10.5 Å². The number of hydrogen-bond donors (Lipinski definition) is 2. The van der Waals surface area contributed by atoms with E-state index in [1.165, 1.54) is 0 Å². The fraction of sp³-hybridized carbons (Fsp3) is 0.556. The Morgan fingerprint density at radius 3 is 2.36 bits per heavy atom. The van der Waals surface area contributed by atoms with Gasteiger partial charge >= 0.3 is 6.03 Å². The van der Waals surface area contributed by atoms with E-state index in [2.05, 4.69) is 10.6 Å². The topological polar surface area (TPSA) is 64.7 Å². The van der Waals surface area contributed by atoms with E-state index in [9.17, 15) is 9.59 Å². The fourth-order valence-electron chi connectivity index (χ4n) is 3.38. The van der Waals surface area contributed by atoms with Gasteiger partial charge in [-0.25, -0.2) is 4.79 Å². The van der Waals surface area contributed by atoms with Gasteiger partial charge in [-0.05, 0) is 50.6 Å². The second-order valence-electron chi connectivity index (χ2n) is 6.64. The van der Waals surface area contributed by atoms with E-state index < -0.39 is 0 Å². The van der Waals surface area contributed by atoms with Crippen molar-refractivity contribution in [2.45, 2.75) is 19.8 Å². The van der Waals surface area contributed by atoms with Crippen molar-refractivity contribution >= 4 is 30.0 Å². The van der Waals surface area contributed by atoms with Crippen LogP contribution < -0.4 is 10.6 Å². The molecule has 2 heterocycles. The number of piperidine rings is 1. The number of nitrogens with one attached hydrogen (secondary N) is 2. The smallest absolute Gasteiger partial charge is 0.321 e. The minimum atomic E-state index is -0.0884. The van der Waals surface area contributed by atoms with Crippen molar-refractivity contribution in [3.05, 3.63) is 29.8 Å². The Balaban J connectivity index is 0.00000225. The van der Waals surface area contributed by atoms with Gasteiger partial charge < -0.3 is 20.4 Å². The van der Waals surface area contributed by atoms with Gasteiger partial charge in [0.05, 0.1) is 0 Å². The minimum Gasteiger partial charge on any atom is -0.339 e. The monoisotopic (exact) mass is 366 g/mol. The zero-order chi connectivity index (χ0) is 16.9. The van der Waals surface area contributed by atoms with Crippen molar-refractivity contribution in [3.8, 4) is 0 Å². The van der Waals surface area contributed by atoms with Crippen molar-refractivity contribution in [3.63, 3.8) is 0 Å². The first-order chi connectivity index (χ1) is 11.6. The SMILES string of the molecule is Cc1cccc(NC(=O)N2CCN(C(=O)C3CCNCC3)CC2)c1.Cl. The highest BCUT2D eigenvalue weighted by molar-refractivity contribution is 5.89. The summed E-state index contributed by atoms with van der Waals surface area (Å²) in [7, 11) is 0. The zero-order valence-corrected chi connectivity index (χ0v) is 15.5. The van der Waals surface area contributed by atoms with Crippen LogP contribution in [0.1, 0.15) is 18.4 Å². The second kappa shape index (κ2) is 9.06. The van der Waals surface area contributed by atoms with Gasteiger partial charge in [-0.2, -0.15) is 0 Å². The van der Waals surface area contributed by atoms with Crippen molar-refractivity contribution in [1.82, 2.24) is 15.1 Å². The molecule has 7 heteroatoms. The van der Waals surface area contributed by atoms with Crippen LogP contribution in [-0.2, 0) is 4.79 Å². The summed E-state index contributed by atoms with van der Waals surface area (Å²) in [5.41, 5.74) is 1.93. The summed E-state index contributed by atoms with van der Waals surface area (Å²) in [5.74, 6) is 0.411. The number of carbonyl (C=O) groups is 2. The lowest BCUT2D eigenvalue weighted by Gasteiger charge is -2.37. The Hall–Kier alpha value is -1.79.